The highest BCUT2D eigenvalue weighted by molar-refractivity contribution is 5.74. The van der Waals surface area contributed by atoms with Crippen LogP contribution in [0.5, 0.6) is 11.5 Å². The molecule has 8 nitrogen and oxygen atoms in total. The number of amides is 2. The average Bonchev–Trinajstić information content (AvgIpc) is 2.73. The maximum atomic E-state index is 11.9. The Bertz CT molecular complexity index is 706. The Morgan fingerprint density at radius 2 is 1.85 bits per heavy atom. The SMILES string of the molecule is COCCCOc1cc(CC(CC(N)C(O)CNC(=O)NC(C)(C)C)C(C)C)ccc1OC. The molecular formula is C25H45N3O5. The Kier molecular flexibility index (Phi) is 12.5. The van der Waals surface area contributed by atoms with Crippen molar-refractivity contribution < 1.29 is 24.1 Å². The van der Waals surface area contributed by atoms with E-state index in [9.17, 15) is 9.90 Å². The van der Waals surface area contributed by atoms with Crippen LogP contribution in [0.3, 0.4) is 0 Å². The Morgan fingerprint density at radius 1 is 1.15 bits per heavy atom. The third-order valence-corrected chi connectivity index (χ3v) is 5.45. The summed E-state index contributed by atoms with van der Waals surface area (Å²) in [5.41, 5.74) is 7.10. The van der Waals surface area contributed by atoms with Gasteiger partial charge in [-0.05, 0) is 63.1 Å². The number of aliphatic hydroxyl groups excluding tert-OH is 1. The van der Waals surface area contributed by atoms with Crippen LogP contribution in [0.2, 0.25) is 0 Å². The number of carbonyl (C=O) groups excluding carboxylic acids is 1. The van der Waals surface area contributed by atoms with E-state index in [-0.39, 0.29) is 24.0 Å². The van der Waals surface area contributed by atoms with E-state index in [0.717, 1.165) is 18.4 Å². The molecule has 5 N–H and O–H groups in total. The molecule has 0 spiro atoms. The van der Waals surface area contributed by atoms with Crippen LogP contribution >= 0.6 is 0 Å². The van der Waals surface area contributed by atoms with Gasteiger partial charge < -0.3 is 35.7 Å². The Morgan fingerprint density at radius 3 is 2.42 bits per heavy atom. The van der Waals surface area contributed by atoms with Gasteiger partial charge in [0.1, 0.15) is 0 Å². The molecule has 0 bridgehead atoms. The largest absolute Gasteiger partial charge is 0.493 e. The molecule has 0 aliphatic rings. The fraction of sp³-hybridized carbons (Fsp3) is 0.720. The van der Waals surface area contributed by atoms with E-state index in [1.807, 2.05) is 39.0 Å². The van der Waals surface area contributed by atoms with Crippen molar-refractivity contribution in [2.75, 3.05) is 34.0 Å². The van der Waals surface area contributed by atoms with Gasteiger partial charge in [0, 0.05) is 38.3 Å². The van der Waals surface area contributed by atoms with E-state index in [1.165, 1.54) is 0 Å². The Labute approximate surface area is 199 Å². The number of benzene rings is 1. The predicted molar refractivity (Wildman–Crippen MR) is 132 cm³/mol. The summed E-state index contributed by atoms with van der Waals surface area (Å²) < 4.78 is 16.4. The third kappa shape index (κ3) is 11.6. The number of hydrogen-bond acceptors (Lipinski definition) is 6. The molecule has 0 saturated heterocycles. The molecule has 2 amide bonds. The molecule has 1 aromatic rings. The van der Waals surface area contributed by atoms with Crippen LogP contribution in [-0.2, 0) is 11.2 Å². The first-order valence-corrected chi connectivity index (χ1v) is 11.7. The second-order valence-corrected chi connectivity index (χ2v) is 9.94. The van der Waals surface area contributed by atoms with Crippen LogP contribution in [0, 0.1) is 11.8 Å². The van der Waals surface area contributed by atoms with Gasteiger partial charge in [0.25, 0.3) is 0 Å². The van der Waals surface area contributed by atoms with Gasteiger partial charge in [-0.2, -0.15) is 0 Å². The first-order chi connectivity index (χ1) is 15.5. The van der Waals surface area contributed by atoms with Crippen LogP contribution in [0.15, 0.2) is 18.2 Å². The van der Waals surface area contributed by atoms with Crippen LogP contribution in [0.25, 0.3) is 0 Å². The van der Waals surface area contributed by atoms with E-state index >= 15 is 0 Å². The minimum atomic E-state index is -0.826. The zero-order valence-corrected chi connectivity index (χ0v) is 21.4. The van der Waals surface area contributed by atoms with Gasteiger partial charge in [0.15, 0.2) is 11.5 Å². The van der Waals surface area contributed by atoms with Gasteiger partial charge in [-0.15, -0.1) is 0 Å². The summed E-state index contributed by atoms with van der Waals surface area (Å²) in [4.78, 5) is 11.9. The molecule has 0 saturated carbocycles. The van der Waals surface area contributed by atoms with E-state index in [4.69, 9.17) is 19.9 Å². The van der Waals surface area contributed by atoms with Gasteiger partial charge in [-0.3, -0.25) is 0 Å². The van der Waals surface area contributed by atoms with Crippen molar-refractivity contribution in [1.29, 1.82) is 0 Å². The van der Waals surface area contributed by atoms with E-state index < -0.39 is 12.1 Å². The molecule has 3 atom stereocenters. The summed E-state index contributed by atoms with van der Waals surface area (Å²) >= 11 is 0. The third-order valence-electron chi connectivity index (χ3n) is 5.45. The van der Waals surface area contributed by atoms with Crippen molar-refractivity contribution in [2.45, 2.75) is 71.6 Å². The molecule has 0 radical (unpaired) electrons. The quantitative estimate of drug-likeness (QED) is 0.313. The number of methoxy groups -OCH3 is 2. The minimum absolute atomic E-state index is 0.107. The number of rotatable bonds is 14. The lowest BCUT2D eigenvalue weighted by Gasteiger charge is -2.28. The lowest BCUT2D eigenvalue weighted by atomic mass is 9.83. The molecular weight excluding hydrogens is 422 g/mol. The minimum Gasteiger partial charge on any atom is -0.493 e. The molecule has 0 heterocycles. The first-order valence-electron chi connectivity index (χ1n) is 11.7. The van der Waals surface area contributed by atoms with Crippen molar-refractivity contribution in [2.24, 2.45) is 17.6 Å². The second kappa shape index (κ2) is 14.3. The molecule has 0 aromatic heterocycles. The summed E-state index contributed by atoms with van der Waals surface area (Å²) in [6.45, 7) is 11.3. The summed E-state index contributed by atoms with van der Waals surface area (Å²) in [6.07, 6.45) is 1.41. The highest BCUT2D eigenvalue weighted by Crippen LogP contribution is 2.31. The van der Waals surface area contributed by atoms with Crippen molar-refractivity contribution in [3.8, 4) is 11.5 Å². The normalized spacial score (nSPS) is 14.5. The monoisotopic (exact) mass is 467 g/mol. The maximum absolute atomic E-state index is 11.9. The maximum Gasteiger partial charge on any atom is 0.315 e. The van der Waals surface area contributed by atoms with Crippen molar-refractivity contribution in [3.63, 3.8) is 0 Å². The number of aliphatic hydroxyl groups is 1. The van der Waals surface area contributed by atoms with Crippen LogP contribution in [-0.4, -0.2) is 62.8 Å². The van der Waals surface area contributed by atoms with Crippen LogP contribution in [0.4, 0.5) is 4.79 Å². The van der Waals surface area contributed by atoms with Crippen molar-refractivity contribution >= 4 is 6.03 Å². The second-order valence-electron chi connectivity index (χ2n) is 9.94. The standard InChI is InChI=1S/C25H45N3O5/c1-17(2)19(15-20(26)21(29)16-27-24(30)28-25(3,4)5)13-18-9-10-22(32-7)23(14-18)33-12-8-11-31-6/h9-10,14,17,19-21,29H,8,11-13,15-16,26H2,1-7H3,(H2,27,28,30). The van der Waals surface area contributed by atoms with Gasteiger partial charge in [0.2, 0.25) is 0 Å². The average molecular weight is 468 g/mol. The number of urea groups is 1. The topological polar surface area (TPSA) is 115 Å². The molecule has 0 fully saturated rings. The lowest BCUT2D eigenvalue weighted by molar-refractivity contribution is 0.125. The number of hydrogen-bond donors (Lipinski definition) is 4. The summed E-state index contributed by atoms with van der Waals surface area (Å²) in [6, 6.07) is 5.21. The van der Waals surface area contributed by atoms with Crippen LogP contribution < -0.4 is 25.8 Å². The summed E-state index contributed by atoms with van der Waals surface area (Å²) in [5, 5.41) is 16.0. The fourth-order valence-electron chi connectivity index (χ4n) is 3.48. The van der Waals surface area contributed by atoms with Crippen molar-refractivity contribution in [3.05, 3.63) is 23.8 Å². The molecule has 3 unspecified atom stereocenters. The van der Waals surface area contributed by atoms with E-state index in [0.29, 0.717) is 37.1 Å². The highest BCUT2D eigenvalue weighted by Gasteiger charge is 2.24. The zero-order valence-electron chi connectivity index (χ0n) is 21.4. The highest BCUT2D eigenvalue weighted by atomic mass is 16.5. The number of carbonyl (C=O) groups is 1. The van der Waals surface area contributed by atoms with Gasteiger partial charge in [-0.1, -0.05) is 19.9 Å². The molecule has 190 valence electrons. The van der Waals surface area contributed by atoms with E-state index in [2.05, 4.69) is 24.5 Å². The molecule has 0 aliphatic heterocycles. The lowest BCUT2D eigenvalue weighted by Crippen LogP contribution is -2.51. The fourth-order valence-corrected chi connectivity index (χ4v) is 3.48. The number of nitrogens with one attached hydrogen (secondary N) is 2. The van der Waals surface area contributed by atoms with Gasteiger partial charge >= 0.3 is 6.03 Å². The summed E-state index contributed by atoms with van der Waals surface area (Å²) in [5.74, 6) is 2.04. The Hall–Kier alpha value is -2.03. The van der Waals surface area contributed by atoms with Gasteiger partial charge in [0.05, 0.1) is 19.8 Å². The Balaban J connectivity index is 2.72. The molecule has 33 heavy (non-hydrogen) atoms. The molecule has 8 heteroatoms. The number of ether oxygens (including phenoxy) is 3. The first kappa shape index (κ1) is 29.0. The molecule has 1 rings (SSSR count). The van der Waals surface area contributed by atoms with Crippen molar-refractivity contribution in [1.82, 2.24) is 10.6 Å². The smallest absolute Gasteiger partial charge is 0.315 e. The predicted octanol–water partition coefficient (Wildman–Crippen LogP) is 3.10. The molecule has 1 aromatic carbocycles. The van der Waals surface area contributed by atoms with Crippen LogP contribution in [0.1, 0.15) is 53.0 Å². The zero-order chi connectivity index (χ0) is 25.0. The summed E-state index contributed by atoms with van der Waals surface area (Å²) in [7, 11) is 3.30. The van der Waals surface area contributed by atoms with Gasteiger partial charge in [-0.25, -0.2) is 4.79 Å². The van der Waals surface area contributed by atoms with E-state index in [1.54, 1.807) is 14.2 Å². The number of nitrogens with two attached hydrogens (primary N) is 1. The molecule has 0 aliphatic carbocycles.